The Balaban J connectivity index is -0.0000000150. The van der Waals surface area contributed by atoms with Crippen LogP contribution in [0.2, 0.25) is 0 Å². The quantitative estimate of drug-likeness (QED) is 0.332. The van der Waals surface area contributed by atoms with Crippen molar-refractivity contribution in [3.63, 3.8) is 0 Å². The van der Waals surface area contributed by atoms with Crippen LogP contribution in [-0.2, 0) is 5.48 Å². The van der Waals surface area contributed by atoms with E-state index in [2.05, 4.69) is 0 Å². The van der Waals surface area contributed by atoms with Gasteiger partial charge in [-0.3, -0.25) is 0 Å². The normalized spacial score (nSPS) is 3.43. The molecule has 0 saturated heterocycles. The summed E-state index contributed by atoms with van der Waals surface area (Å²) in [5, 5.41) is 16.7. The van der Waals surface area contributed by atoms with E-state index in [9.17, 15) is 0 Å². The summed E-state index contributed by atoms with van der Waals surface area (Å²) in [6.07, 6.45) is -2.33. The van der Waals surface area contributed by atoms with Gasteiger partial charge in [-0.25, -0.2) is 0 Å². The molecule has 0 bridgehead atoms. The van der Waals surface area contributed by atoms with Crippen LogP contribution in [0, 0.1) is 0 Å². The molecule has 0 rings (SSSR count). The third-order valence-corrected chi connectivity index (χ3v) is 0. The molecule has 0 fully saturated rings. The van der Waals surface area contributed by atoms with E-state index >= 15 is 0 Å². The molecule has 0 aromatic carbocycles. The van der Waals surface area contributed by atoms with Gasteiger partial charge < -0.3 is 20.5 Å². The molecular weight excluding hydrogens is 143 g/mol. The van der Waals surface area contributed by atoms with Crippen molar-refractivity contribution in [1.29, 1.82) is 0 Å². The zero-order chi connectivity index (χ0) is 3.58. The van der Waals surface area contributed by atoms with Gasteiger partial charge in [-0.1, -0.05) is 0 Å². The molecule has 0 unspecified atom stereocenters. The van der Waals surface area contributed by atoms with Crippen molar-refractivity contribution < 1.29 is 20.5 Å². The van der Waals surface area contributed by atoms with E-state index < -0.39 is 6.16 Å². The van der Waals surface area contributed by atoms with Gasteiger partial charge in [0.15, 0.2) is 0 Å². The molecule has 0 N–H and O–H groups in total. The van der Waals surface area contributed by atoms with Crippen LogP contribution in [0.4, 0.5) is 4.79 Å². The zero-order valence-corrected chi connectivity index (χ0v) is 6.78. The summed E-state index contributed by atoms with van der Waals surface area (Å²) < 4.78 is 0. The molecule has 0 amide bonds. The maximum absolute atomic E-state index is 8.33. The Labute approximate surface area is 81.0 Å². The number of carbonyl (C=O) groups excluding carboxylic acids is 1. The first kappa shape index (κ1) is 24.5. The van der Waals surface area contributed by atoms with Crippen molar-refractivity contribution in [2.24, 2.45) is 0 Å². The van der Waals surface area contributed by atoms with Crippen LogP contribution in [0.1, 0.15) is 0 Å². The Morgan fingerprint density at radius 1 is 1.29 bits per heavy atom. The fourth-order valence-corrected chi connectivity index (χ4v) is 0. The van der Waals surface area contributed by atoms with Gasteiger partial charge in [-0.15, -0.1) is 0 Å². The van der Waals surface area contributed by atoms with E-state index in [-0.39, 0.29) is 60.6 Å². The number of hydrogen-bond donors (Lipinski definition) is 0. The summed E-state index contributed by atoms with van der Waals surface area (Å²) in [5.74, 6) is 0. The largest absolute Gasteiger partial charge is 3.00 e. The van der Waals surface area contributed by atoms with Gasteiger partial charge in [0.1, 0.15) is 0 Å². The summed E-state index contributed by atoms with van der Waals surface area (Å²) in [6.45, 7) is 0. The Morgan fingerprint density at radius 3 is 1.29 bits per heavy atom. The van der Waals surface area contributed by atoms with Crippen molar-refractivity contribution in [3.05, 3.63) is 0 Å². The van der Waals surface area contributed by atoms with Gasteiger partial charge in [-0.2, -0.15) is 0 Å². The maximum Gasteiger partial charge on any atom is 3.00 e. The average Bonchev–Trinajstić information content (AvgIpc) is 0.811. The first-order chi connectivity index (χ1) is 1.73. The zero-order valence-electron chi connectivity index (χ0n) is 3.42. The second-order valence-electron chi connectivity index (χ2n) is 0.250. The topological polar surface area (TPSA) is 91.7 Å². The summed E-state index contributed by atoms with van der Waals surface area (Å²) in [4.78, 5) is 8.33. The Kier molecular flexibility index (Phi) is 55.0. The molecule has 32 valence electrons. The molecule has 6 heteroatoms. The molecular formula is CAlCaO4+. The van der Waals surface area contributed by atoms with Crippen molar-refractivity contribution >= 4 is 61.3 Å². The van der Waals surface area contributed by atoms with Gasteiger partial charge >= 0.3 is 55.1 Å². The third-order valence-electron chi connectivity index (χ3n) is 0. The van der Waals surface area contributed by atoms with Crippen molar-refractivity contribution in [3.8, 4) is 0 Å². The van der Waals surface area contributed by atoms with Gasteiger partial charge in [0, 0.05) is 0 Å². The summed E-state index contributed by atoms with van der Waals surface area (Å²) >= 11 is 0. The Bertz CT molecular complexity index is 34.7. The van der Waals surface area contributed by atoms with Crippen LogP contribution in [0.25, 0.3) is 0 Å². The van der Waals surface area contributed by atoms with E-state index in [1.165, 1.54) is 0 Å². The molecule has 7 heavy (non-hydrogen) atoms. The second kappa shape index (κ2) is 15.7. The first-order valence-electron chi connectivity index (χ1n) is 0.612. The standard InChI is InChI=1S/CH2O3.Al.Ca.O/c2-1(3)4;;;/h(H2,2,3,4);;;/q;+3;+2;-2/p-2. The predicted octanol–water partition coefficient (Wildman–Crippen LogP) is -3.33. The predicted molar refractivity (Wildman–Crippen MR) is 17.6 cm³/mol. The number of carboxylic acid groups (broad SMARTS) is 2. The van der Waals surface area contributed by atoms with Crippen LogP contribution < -0.4 is 10.2 Å². The molecule has 0 radical (unpaired) electrons. The fraction of sp³-hybridized carbons (Fsp3) is 0. The van der Waals surface area contributed by atoms with E-state index in [1.807, 2.05) is 0 Å². The van der Waals surface area contributed by atoms with Crippen LogP contribution in [0.3, 0.4) is 0 Å². The van der Waals surface area contributed by atoms with Gasteiger partial charge in [0.25, 0.3) is 0 Å². The van der Waals surface area contributed by atoms with E-state index in [0.717, 1.165) is 0 Å². The first-order valence-corrected chi connectivity index (χ1v) is 0.612. The Morgan fingerprint density at radius 2 is 1.29 bits per heavy atom. The minimum absolute atomic E-state index is 0. The van der Waals surface area contributed by atoms with Crippen molar-refractivity contribution in [1.82, 2.24) is 0 Å². The SMILES string of the molecule is O=C([O-])[O-].[Al+3].[Ca+2].[O-2]. The molecule has 4 nitrogen and oxygen atoms in total. The molecule has 0 atom stereocenters. The third kappa shape index (κ3) is 170. The maximum atomic E-state index is 8.33. The molecule has 0 saturated carbocycles. The number of carbonyl (C=O) groups is 1. The molecule has 0 aliphatic heterocycles. The molecule has 0 aliphatic carbocycles. The minimum Gasteiger partial charge on any atom is -2.00 e. The van der Waals surface area contributed by atoms with Gasteiger partial charge in [0.05, 0.1) is 0 Å². The summed E-state index contributed by atoms with van der Waals surface area (Å²) in [7, 11) is 0. The van der Waals surface area contributed by atoms with Gasteiger partial charge in [0.2, 0.25) is 0 Å². The smallest absolute Gasteiger partial charge is 2.00 e. The monoisotopic (exact) mass is 143 g/mol. The second-order valence-corrected chi connectivity index (χ2v) is 0.250. The van der Waals surface area contributed by atoms with Crippen LogP contribution in [0.5, 0.6) is 0 Å². The Hall–Kier alpha value is 1.02. The number of rotatable bonds is 0. The minimum atomic E-state index is -2.33. The van der Waals surface area contributed by atoms with E-state index in [0.29, 0.717) is 0 Å². The molecule has 0 aromatic heterocycles. The fourth-order valence-electron chi connectivity index (χ4n) is 0. The van der Waals surface area contributed by atoms with Crippen LogP contribution >= 0.6 is 0 Å². The number of hydrogen-bond acceptors (Lipinski definition) is 3. The molecule has 0 aliphatic rings. The molecule has 0 aromatic rings. The van der Waals surface area contributed by atoms with E-state index in [1.54, 1.807) is 0 Å². The molecule has 0 heterocycles. The van der Waals surface area contributed by atoms with Crippen molar-refractivity contribution in [2.75, 3.05) is 0 Å². The summed E-state index contributed by atoms with van der Waals surface area (Å²) in [5.41, 5.74) is 0. The average molecular weight is 143 g/mol. The van der Waals surface area contributed by atoms with Crippen LogP contribution in [-0.4, -0.2) is 61.3 Å². The van der Waals surface area contributed by atoms with Crippen molar-refractivity contribution in [2.45, 2.75) is 0 Å². The summed E-state index contributed by atoms with van der Waals surface area (Å²) in [6, 6.07) is 0. The molecule has 0 spiro atoms. The van der Waals surface area contributed by atoms with E-state index in [4.69, 9.17) is 15.0 Å². The van der Waals surface area contributed by atoms with Crippen LogP contribution in [0.15, 0.2) is 0 Å². The van der Waals surface area contributed by atoms with Gasteiger partial charge in [-0.05, 0) is 6.16 Å².